The molecule has 9 nitrogen and oxygen atoms in total. The maximum Gasteiger partial charge on any atom is 0.379 e. The van der Waals surface area contributed by atoms with E-state index >= 15 is 0 Å². The maximum absolute atomic E-state index is 12.1. The highest BCUT2D eigenvalue weighted by molar-refractivity contribution is 7.51. The van der Waals surface area contributed by atoms with Gasteiger partial charge in [0.05, 0.1) is 6.61 Å². The van der Waals surface area contributed by atoms with Crippen LogP contribution in [0.3, 0.4) is 0 Å². The molecule has 0 fully saturated rings. The van der Waals surface area contributed by atoms with Gasteiger partial charge >= 0.3 is 19.5 Å². The number of carbonyl (C=O) groups excluding carboxylic acids is 1. The molecule has 2 atom stereocenters. The lowest BCUT2D eigenvalue weighted by atomic mass is 10.3. The van der Waals surface area contributed by atoms with Crippen LogP contribution in [0.15, 0.2) is 0 Å². The summed E-state index contributed by atoms with van der Waals surface area (Å²) in [7, 11) is -4.77. The molecule has 106 valence electrons. The van der Waals surface area contributed by atoms with Crippen LogP contribution in [-0.4, -0.2) is 57.0 Å². The molecule has 0 aliphatic carbocycles. The molecule has 0 spiro atoms. The van der Waals surface area contributed by atoms with Crippen LogP contribution in [-0.2, 0) is 18.9 Å². The quantitative estimate of drug-likeness (QED) is 0.245. The lowest BCUT2D eigenvalue weighted by molar-refractivity contribution is -0.877. The molecule has 0 saturated carbocycles. The number of quaternary nitrogens is 1. The summed E-state index contributed by atoms with van der Waals surface area (Å²) in [4.78, 5) is 39.5. The molecule has 10 heteroatoms. The van der Waals surface area contributed by atoms with Crippen molar-refractivity contribution in [2.24, 2.45) is 0 Å². The summed E-state index contributed by atoms with van der Waals surface area (Å²) >= 11 is 0. The van der Waals surface area contributed by atoms with Gasteiger partial charge in [-0.1, -0.05) is 0 Å². The molecule has 18 heavy (non-hydrogen) atoms. The summed E-state index contributed by atoms with van der Waals surface area (Å²) < 4.78 is 13.5. The molecule has 0 aliphatic heterocycles. The third kappa shape index (κ3) is 5.56. The molecule has 0 saturated heterocycles. The summed E-state index contributed by atoms with van der Waals surface area (Å²) in [6.45, 7) is 1.41. The van der Waals surface area contributed by atoms with Crippen LogP contribution < -0.4 is 0 Å². The van der Waals surface area contributed by atoms with Gasteiger partial charge in [0.2, 0.25) is 0 Å². The van der Waals surface area contributed by atoms with E-state index in [0.717, 1.165) is 6.92 Å². The molecule has 3 N–H and O–H groups in total. The molecule has 2 unspecified atom stereocenters. The lowest BCUT2D eigenvalue weighted by Crippen LogP contribution is -2.56. The second kappa shape index (κ2) is 6.26. The third-order valence-corrected chi connectivity index (χ3v) is 3.01. The first-order chi connectivity index (χ1) is 8.02. The van der Waals surface area contributed by atoms with Gasteiger partial charge in [-0.25, -0.2) is 9.59 Å². The van der Waals surface area contributed by atoms with Crippen LogP contribution in [0.25, 0.3) is 0 Å². The van der Waals surface area contributed by atoms with E-state index in [9.17, 15) is 19.4 Å². The van der Waals surface area contributed by atoms with Crippen molar-refractivity contribution >= 4 is 19.5 Å². The number of hydrogen-bond acceptors (Lipinski definition) is 5. The van der Waals surface area contributed by atoms with Crippen LogP contribution in [0.5, 0.6) is 0 Å². The lowest BCUT2D eigenvalue weighted by Gasteiger charge is -2.44. The van der Waals surface area contributed by atoms with Crippen molar-refractivity contribution in [2.45, 2.75) is 19.9 Å². The predicted octanol–water partition coefficient (Wildman–Crippen LogP) is -0.528. The average molecular weight is 285 g/mol. The molecule has 0 amide bonds. The van der Waals surface area contributed by atoms with Gasteiger partial charge in [-0.15, -0.1) is 0 Å². The van der Waals surface area contributed by atoms with Gasteiger partial charge in [-0.05, 0) is 13.8 Å². The van der Waals surface area contributed by atoms with Crippen molar-refractivity contribution in [3.8, 4) is 0 Å². The standard InChI is InChI=1S/C8H16NO8P/c1-3-17-8(12)6(2)9(13,4-7(10)11)5-18(14,15)16/h6H,3-5H2,1-2H3,(H,10,11)(H2,14,15,16). The Morgan fingerprint density at radius 1 is 1.44 bits per heavy atom. The van der Waals surface area contributed by atoms with Crippen molar-refractivity contribution < 1.29 is 38.4 Å². The third-order valence-electron chi connectivity index (χ3n) is 2.16. The first kappa shape index (κ1) is 17.0. The van der Waals surface area contributed by atoms with E-state index in [-0.39, 0.29) is 6.61 Å². The Kier molecular flexibility index (Phi) is 5.91. The van der Waals surface area contributed by atoms with Crippen LogP contribution in [0, 0.1) is 5.21 Å². The zero-order valence-corrected chi connectivity index (χ0v) is 10.9. The topological polar surface area (TPSA) is 144 Å². The van der Waals surface area contributed by atoms with E-state index in [2.05, 4.69) is 4.74 Å². The summed E-state index contributed by atoms with van der Waals surface area (Å²) in [6.07, 6.45) is -1.29. The Labute approximate surface area is 103 Å². The van der Waals surface area contributed by atoms with Crippen LogP contribution in [0.2, 0.25) is 0 Å². The van der Waals surface area contributed by atoms with Gasteiger partial charge in [0.15, 0.2) is 18.9 Å². The summed E-state index contributed by atoms with van der Waals surface area (Å²) in [5, 5.41) is 20.7. The average Bonchev–Trinajstić information content (AvgIpc) is 2.12. The Bertz CT molecular complexity index is 366. The minimum atomic E-state index is -4.77. The summed E-state index contributed by atoms with van der Waals surface area (Å²) in [6, 6.07) is -1.53. The number of hydroxylamine groups is 3. The molecule has 0 aliphatic rings. The van der Waals surface area contributed by atoms with E-state index in [0.29, 0.717) is 0 Å². The van der Waals surface area contributed by atoms with Crippen LogP contribution in [0.1, 0.15) is 13.8 Å². The Hall–Kier alpha value is -0.990. The first-order valence-electron chi connectivity index (χ1n) is 5.02. The van der Waals surface area contributed by atoms with E-state index in [1.54, 1.807) is 0 Å². The van der Waals surface area contributed by atoms with Crippen molar-refractivity contribution in [2.75, 3.05) is 19.4 Å². The molecule has 0 radical (unpaired) electrons. The maximum atomic E-state index is 12.1. The largest absolute Gasteiger partial charge is 0.631 e. The number of esters is 1. The van der Waals surface area contributed by atoms with Gasteiger partial charge < -0.3 is 29.5 Å². The smallest absolute Gasteiger partial charge is 0.379 e. The second-order valence-electron chi connectivity index (χ2n) is 3.74. The molecule has 0 aromatic rings. The van der Waals surface area contributed by atoms with Crippen molar-refractivity contribution in [3.63, 3.8) is 0 Å². The molecule has 0 aromatic heterocycles. The van der Waals surface area contributed by atoms with E-state index in [4.69, 9.17) is 14.9 Å². The van der Waals surface area contributed by atoms with Gasteiger partial charge in [0.1, 0.15) is 0 Å². The highest BCUT2D eigenvalue weighted by atomic mass is 31.2. The molecular formula is C8H16NO8P. The Balaban J connectivity index is 5.13. The van der Waals surface area contributed by atoms with Gasteiger partial charge in [-0.2, -0.15) is 0 Å². The fourth-order valence-corrected chi connectivity index (χ4v) is 2.27. The van der Waals surface area contributed by atoms with Crippen molar-refractivity contribution in [1.29, 1.82) is 0 Å². The van der Waals surface area contributed by atoms with Gasteiger partial charge in [0.25, 0.3) is 0 Å². The van der Waals surface area contributed by atoms with Crippen LogP contribution >= 0.6 is 7.60 Å². The highest BCUT2D eigenvalue weighted by Crippen LogP contribution is 2.39. The molecule has 0 rings (SSSR count). The van der Waals surface area contributed by atoms with E-state index < -0.39 is 43.1 Å². The first-order valence-corrected chi connectivity index (χ1v) is 6.82. The number of carboxylic acid groups (broad SMARTS) is 1. The minimum absolute atomic E-state index is 0.0217. The van der Waals surface area contributed by atoms with Crippen molar-refractivity contribution in [1.82, 2.24) is 0 Å². The number of nitrogens with zero attached hydrogens (tertiary/aromatic N) is 1. The minimum Gasteiger partial charge on any atom is -0.631 e. The SMILES string of the molecule is CCOC(=O)C(C)[N+]([O-])(CC(=O)O)CP(=O)(O)O. The summed E-state index contributed by atoms with van der Waals surface area (Å²) in [5.41, 5.74) is 0. The number of aliphatic carboxylic acids is 1. The van der Waals surface area contributed by atoms with Gasteiger partial charge in [-0.3, -0.25) is 4.57 Å². The van der Waals surface area contributed by atoms with E-state index in [1.165, 1.54) is 6.92 Å². The number of carbonyl (C=O) groups is 2. The molecule has 0 aromatic carbocycles. The zero-order valence-electron chi connectivity index (χ0n) is 9.98. The normalized spacial score (nSPS) is 16.7. The van der Waals surface area contributed by atoms with Crippen molar-refractivity contribution in [3.05, 3.63) is 5.21 Å². The zero-order chi connectivity index (χ0) is 14.6. The number of hydrogen-bond donors (Lipinski definition) is 3. The summed E-state index contributed by atoms with van der Waals surface area (Å²) in [5.74, 6) is -2.56. The fraction of sp³-hybridized carbons (Fsp3) is 0.750. The Morgan fingerprint density at radius 3 is 2.28 bits per heavy atom. The second-order valence-corrected chi connectivity index (χ2v) is 5.35. The number of carboxylic acids is 1. The fourth-order valence-electron chi connectivity index (χ4n) is 1.31. The van der Waals surface area contributed by atoms with Crippen LogP contribution in [0.4, 0.5) is 0 Å². The monoisotopic (exact) mass is 285 g/mol. The molecule has 0 bridgehead atoms. The number of ether oxygens (including phenoxy) is 1. The predicted molar refractivity (Wildman–Crippen MR) is 59.1 cm³/mol. The van der Waals surface area contributed by atoms with E-state index in [1.807, 2.05) is 0 Å². The Morgan fingerprint density at radius 2 is 1.94 bits per heavy atom. The highest BCUT2D eigenvalue weighted by Gasteiger charge is 2.39. The molecule has 0 heterocycles. The number of rotatable bonds is 7. The van der Waals surface area contributed by atoms with Gasteiger partial charge in [0, 0.05) is 0 Å². The molecular weight excluding hydrogens is 269 g/mol.